The number of alkyl halides is 2. The first-order valence-electron chi connectivity index (χ1n) is 32.1. The van der Waals surface area contributed by atoms with Gasteiger partial charge in [0.1, 0.15) is 0 Å². The van der Waals surface area contributed by atoms with Crippen LogP contribution >= 0.6 is 0 Å². The molecule has 0 aromatic rings. The number of esters is 2. The molecule has 2 aliphatic rings. The van der Waals surface area contributed by atoms with Crippen LogP contribution in [0.4, 0.5) is 8.78 Å². The average Bonchev–Trinajstić information content (AvgIpc) is 3.38. The molecule has 7 nitrogen and oxygen atoms in total. The van der Waals surface area contributed by atoms with Crippen LogP contribution in [0, 0.1) is 34.0 Å². The number of carbonyl (C=O) groups is 3. The summed E-state index contributed by atoms with van der Waals surface area (Å²) in [6.07, 6.45) is 38.2. The first-order valence-corrected chi connectivity index (χ1v) is 32.1. The maximum atomic E-state index is 16.4. The molecule has 0 aliphatic heterocycles. The van der Waals surface area contributed by atoms with Gasteiger partial charge in [0.15, 0.2) is 12.3 Å². The highest BCUT2D eigenvalue weighted by Gasteiger charge is 2.55. The molecule has 438 valence electrons. The summed E-state index contributed by atoms with van der Waals surface area (Å²) in [5.74, 6) is -1.97. The van der Waals surface area contributed by atoms with Crippen molar-refractivity contribution in [2.75, 3.05) is 39.5 Å². The molecule has 0 saturated heterocycles. The average molecular weight is 1050 g/mol. The van der Waals surface area contributed by atoms with Crippen molar-refractivity contribution in [2.45, 2.75) is 325 Å². The summed E-state index contributed by atoms with van der Waals surface area (Å²) >= 11 is 0. The van der Waals surface area contributed by atoms with Gasteiger partial charge in [-0.05, 0) is 89.8 Å². The number of ether oxygens (including phenoxy) is 3. The predicted octanol–water partition coefficient (Wildman–Crippen LogP) is 19.4. The number of hydrogen-bond acceptors (Lipinski definition) is 7. The largest absolute Gasteiger partial charge is 0.467 e. The van der Waals surface area contributed by atoms with E-state index in [1.807, 2.05) is 0 Å². The molecule has 6 atom stereocenters. The van der Waals surface area contributed by atoms with Gasteiger partial charge in [-0.2, -0.15) is 0 Å². The van der Waals surface area contributed by atoms with E-state index in [9.17, 15) is 14.4 Å². The van der Waals surface area contributed by atoms with Gasteiger partial charge in [-0.1, -0.05) is 249 Å². The van der Waals surface area contributed by atoms with E-state index in [-0.39, 0.29) is 43.0 Å². The van der Waals surface area contributed by atoms with Crippen molar-refractivity contribution < 1.29 is 37.4 Å². The third-order valence-corrected chi connectivity index (χ3v) is 17.2. The number of unbranched alkanes of at least 4 members (excludes halogenated alkanes) is 25. The normalized spacial score (nSPS) is 21.4. The van der Waals surface area contributed by atoms with E-state index in [2.05, 4.69) is 67.2 Å². The molecule has 2 bridgehead atoms. The Hall–Kier alpha value is -1.77. The molecule has 0 heterocycles. The smallest absolute Gasteiger partial charge is 0.341 e. The van der Waals surface area contributed by atoms with E-state index in [4.69, 9.17) is 14.2 Å². The van der Waals surface area contributed by atoms with E-state index in [0.717, 1.165) is 96.3 Å². The molecule has 2 rings (SSSR count). The summed E-state index contributed by atoms with van der Waals surface area (Å²) in [5.41, 5.74) is -1.30. The molecule has 6 unspecified atom stereocenters. The minimum atomic E-state index is -1.66. The number of nitrogens with zero attached hydrogens (tertiary/aromatic N) is 1. The summed E-state index contributed by atoms with van der Waals surface area (Å²) in [6.45, 7) is 24.5. The third-order valence-electron chi connectivity index (χ3n) is 17.2. The minimum Gasteiger partial charge on any atom is -0.467 e. The number of hydrogen-bond donors (Lipinski definition) is 0. The van der Waals surface area contributed by atoms with Crippen LogP contribution in [0.5, 0.6) is 0 Å². The molecule has 2 aliphatic carbocycles. The molecule has 74 heavy (non-hydrogen) atoms. The van der Waals surface area contributed by atoms with E-state index in [0.29, 0.717) is 45.0 Å². The van der Waals surface area contributed by atoms with Gasteiger partial charge in [-0.25, -0.2) is 18.4 Å². The molecule has 0 aromatic carbocycles. The Morgan fingerprint density at radius 2 is 0.797 bits per heavy atom. The van der Waals surface area contributed by atoms with Gasteiger partial charge < -0.3 is 19.1 Å². The summed E-state index contributed by atoms with van der Waals surface area (Å²) in [4.78, 5) is 41.2. The zero-order valence-corrected chi connectivity index (χ0v) is 50.4. The third kappa shape index (κ3) is 32.2. The molecule has 0 N–H and O–H groups in total. The highest BCUT2D eigenvalue weighted by atomic mass is 19.1. The predicted molar refractivity (Wildman–Crippen MR) is 309 cm³/mol. The number of halogens is 2. The van der Waals surface area contributed by atoms with Crippen LogP contribution in [0.1, 0.15) is 313 Å². The second-order valence-electron chi connectivity index (χ2n) is 24.9. The SMILES string of the molecule is CCCCCCCCCC(CCCCCCCCC)C(F)C(=O)OCC1(C)CC2CC(C)(COC=O)CC(COC(=O)C(F)C(CCCCCCCCC)CCCCCCCCC)(C2)C1.CCCCN(CC)CC. The first-order chi connectivity index (χ1) is 35.7. The fourth-order valence-corrected chi connectivity index (χ4v) is 13.3. The quantitative estimate of drug-likeness (QED) is 0.0260. The molecular weight excluding hydrogens is 929 g/mol. The van der Waals surface area contributed by atoms with Gasteiger partial charge in [0, 0.05) is 28.1 Å². The number of carbonyl (C=O) groups excluding carboxylic acids is 3. The van der Waals surface area contributed by atoms with Gasteiger partial charge >= 0.3 is 11.9 Å². The standard InChI is InChI=1S/C57H104F2O6.C8H19N/c1-7-11-15-19-23-27-31-35-49(36-32-28-24-20-16-12-8-2)51(58)53(61)64-45-56(6)40-48-39-55(5,44-63-47-60)42-57(41-48,43-56)46-65-54(62)52(59)50(37-33-29-25-21-17-13-9-3)38-34-30-26-22-18-14-10-4;1-4-7-8-9(5-2)6-3/h47-52H,7-46H2,1-6H3;4-8H2,1-3H3. The minimum absolute atomic E-state index is 0.0786. The summed E-state index contributed by atoms with van der Waals surface area (Å²) in [6, 6.07) is 0. The van der Waals surface area contributed by atoms with Gasteiger partial charge in [0.25, 0.3) is 6.47 Å². The van der Waals surface area contributed by atoms with Crippen LogP contribution in [0.15, 0.2) is 0 Å². The first kappa shape index (κ1) is 70.2. The van der Waals surface area contributed by atoms with Gasteiger partial charge in [-0.3, -0.25) is 4.79 Å². The van der Waals surface area contributed by atoms with Crippen LogP contribution < -0.4 is 0 Å². The van der Waals surface area contributed by atoms with Gasteiger partial charge in [0.2, 0.25) is 0 Å². The van der Waals surface area contributed by atoms with E-state index < -0.39 is 35.1 Å². The fourth-order valence-electron chi connectivity index (χ4n) is 13.3. The molecule has 0 radical (unpaired) electrons. The topological polar surface area (TPSA) is 82.1 Å². The van der Waals surface area contributed by atoms with Crippen LogP contribution in [0.25, 0.3) is 0 Å². The Kier molecular flexibility index (Phi) is 41.9. The second kappa shape index (κ2) is 44.1. The molecule has 0 amide bonds. The van der Waals surface area contributed by atoms with Crippen molar-refractivity contribution in [3.8, 4) is 0 Å². The molecule has 2 fully saturated rings. The van der Waals surface area contributed by atoms with Gasteiger partial charge in [0.05, 0.1) is 19.8 Å². The Labute approximate surface area is 457 Å². The molecule has 0 spiro atoms. The van der Waals surface area contributed by atoms with Crippen molar-refractivity contribution in [1.82, 2.24) is 4.90 Å². The number of fused-ring (bicyclic) bond motifs is 2. The highest BCUT2D eigenvalue weighted by Crippen LogP contribution is 2.60. The molecule has 2 saturated carbocycles. The van der Waals surface area contributed by atoms with E-state index in [1.54, 1.807) is 0 Å². The Morgan fingerprint density at radius 3 is 1.14 bits per heavy atom. The Bertz CT molecular complexity index is 1310. The zero-order valence-electron chi connectivity index (χ0n) is 50.4. The molecule has 9 heteroatoms. The summed E-state index contributed by atoms with van der Waals surface area (Å²) in [5, 5.41) is 0. The monoisotopic (exact) mass is 1050 g/mol. The molecular formula is C65H123F2NO6. The second-order valence-corrected chi connectivity index (χ2v) is 24.9. The van der Waals surface area contributed by atoms with E-state index >= 15 is 8.78 Å². The van der Waals surface area contributed by atoms with Crippen molar-refractivity contribution in [1.29, 1.82) is 0 Å². The van der Waals surface area contributed by atoms with Gasteiger partial charge in [-0.15, -0.1) is 0 Å². The van der Waals surface area contributed by atoms with Crippen LogP contribution in [0.3, 0.4) is 0 Å². The van der Waals surface area contributed by atoms with Crippen molar-refractivity contribution in [3.63, 3.8) is 0 Å². The highest BCUT2D eigenvalue weighted by molar-refractivity contribution is 5.75. The number of rotatable bonds is 48. The lowest BCUT2D eigenvalue weighted by Gasteiger charge is -2.57. The lowest BCUT2D eigenvalue weighted by Crippen LogP contribution is -2.52. The van der Waals surface area contributed by atoms with Crippen molar-refractivity contribution >= 4 is 18.4 Å². The zero-order chi connectivity index (χ0) is 54.8. The van der Waals surface area contributed by atoms with E-state index in [1.165, 1.54) is 135 Å². The fraction of sp³-hybridized carbons (Fsp3) is 0.954. The Morgan fingerprint density at radius 1 is 0.473 bits per heavy atom. The molecule has 0 aromatic heterocycles. The van der Waals surface area contributed by atoms with Crippen LogP contribution in [-0.4, -0.2) is 75.1 Å². The van der Waals surface area contributed by atoms with Crippen LogP contribution in [0.2, 0.25) is 0 Å². The summed E-state index contributed by atoms with van der Waals surface area (Å²) in [7, 11) is 0. The maximum absolute atomic E-state index is 16.4. The summed E-state index contributed by atoms with van der Waals surface area (Å²) < 4.78 is 50.1. The van der Waals surface area contributed by atoms with Crippen molar-refractivity contribution in [3.05, 3.63) is 0 Å². The lowest BCUT2D eigenvalue weighted by molar-refractivity contribution is -0.173. The van der Waals surface area contributed by atoms with Crippen LogP contribution in [-0.2, 0) is 28.6 Å². The maximum Gasteiger partial charge on any atom is 0.341 e. The Balaban J connectivity index is 0.00000276. The van der Waals surface area contributed by atoms with Crippen molar-refractivity contribution in [2.24, 2.45) is 34.0 Å². The lowest BCUT2D eigenvalue weighted by atomic mass is 9.49.